The van der Waals surface area contributed by atoms with Crippen LogP contribution in [0.25, 0.3) is 22.0 Å². The van der Waals surface area contributed by atoms with Crippen LogP contribution in [0.15, 0.2) is 24.4 Å². The van der Waals surface area contributed by atoms with Crippen LogP contribution >= 0.6 is 23.2 Å². The number of fused-ring (bicyclic) bond motifs is 1. The SMILES string of the molecule is CC(=O)N[C@H]1CCN(C(=O)CCn2cc3nc(C)c(CNC(=O)OC(C)(C)C)c(-c4ccc(Cl)cc4Cl)c3c2O)C1. The number of benzene rings is 1. The number of rotatable bonds is 7. The van der Waals surface area contributed by atoms with Crippen LogP contribution in [-0.2, 0) is 27.4 Å². The summed E-state index contributed by atoms with van der Waals surface area (Å²) in [5.74, 6) is -0.256. The topological polar surface area (TPSA) is 126 Å². The molecule has 0 bridgehead atoms. The van der Waals surface area contributed by atoms with Crippen LogP contribution in [0.5, 0.6) is 5.88 Å². The van der Waals surface area contributed by atoms with E-state index < -0.39 is 11.7 Å². The van der Waals surface area contributed by atoms with Crippen molar-refractivity contribution in [1.29, 1.82) is 0 Å². The average Bonchev–Trinajstić information content (AvgIpc) is 3.44. The molecular formula is C29H35Cl2N5O5. The van der Waals surface area contributed by atoms with Gasteiger partial charge in [-0.2, -0.15) is 0 Å². The van der Waals surface area contributed by atoms with E-state index in [1.807, 2.05) is 6.92 Å². The molecule has 3 aromatic rings. The Morgan fingerprint density at radius 3 is 2.61 bits per heavy atom. The molecule has 0 aliphatic carbocycles. The minimum Gasteiger partial charge on any atom is -0.494 e. The summed E-state index contributed by atoms with van der Waals surface area (Å²) in [6, 6.07) is 5.02. The van der Waals surface area contributed by atoms with Crippen LogP contribution in [0.1, 0.15) is 51.8 Å². The number of nitrogens with zero attached hydrogens (tertiary/aromatic N) is 3. The van der Waals surface area contributed by atoms with Crippen molar-refractivity contribution in [2.75, 3.05) is 13.1 Å². The van der Waals surface area contributed by atoms with Crippen molar-refractivity contribution in [2.45, 2.75) is 72.2 Å². The second kappa shape index (κ2) is 12.2. The maximum Gasteiger partial charge on any atom is 0.407 e. The molecule has 0 radical (unpaired) electrons. The van der Waals surface area contributed by atoms with Crippen LogP contribution in [0.2, 0.25) is 10.0 Å². The van der Waals surface area contributed by atoms with Crippen LogP contribution < -0.4 is 10.6 Å². The van der Waals surface area contributed by atoms with Gasteiger partial charge in [-0.25, -0.2) is 4.79 Å². The third-order valence-electron chi connectivity index (χ3n) is 6.83. The Kier molecular flexibility index (Phi) is 9.03. The Hall–Kier alpha value is -3.50. The Labute approximate surface area is 249 Å². The van der Waals surface area contributed by atoms with Crippen LogP contribution in [-0.4, -0.2) is 62.2 Å². The zero-order valence-electron chi connectivity index (χ0n) is 23.8. The summed E-state index contributed by atoms with van der Waals surface area (Å²) in [6.07, 6.45) is 1.98. The number of aromatic hydroxyl groups is 1. The van der Waals surface area contributed by atoms with E-state index in [-0.39, 0.29) is 43.2 Å². The Morgan fingerprint density at radius 1 is 1.22 bits per heavy atom. The van der Waals surface area contributed by atoms with E-state index >= 15 is 0 Å². The maximum absolute atomic E-state index is 12.9. The van der Waals surface area contributed by atoms with Crippen molar-refractivity contribution < 1.29 is 24.2 Å². The number of alkyl carbamates (subject to hydrolysis) is 1. The van der Waals surface area contributed by atoms with Crippen molar-refractivity contribution in [3.63, 3.8) is 0 Å². The van der Waals surface area contributed by atoms with Crippen LogP contribution in [0, 0.1) is 6.92 Å². The van der Waals surface area contributed by atoms with Crippen molar-refractivity contribution in [2.24, 2.45) is 0 Å². The number of pyridine rings is 1. The second-order valence-electron chi connectivity index (χ2n) is 11.2. The zero-order chi connectivity index (χ0) is 30.1. The standard InChI is InChI=1S/C29H35Cl2N5O5/c1-16-21(13-32-28(40)41-29(3,4)5)25(20-7-6-18(30)12-22(20)31)26-23(33-16)15-36(27(26)39)11-9-24(38)35-10-8-19(14-35)34-17(2)37/h6-7,12,15,19,39H,8-11,13-14H2,1-5H3,(H,32,40)(H,34,37)/t19-/m0/s1. The van der Waals surface area contributed by atoms with Gasteiger partial charge >= 0.3 is 6.09 Å². The number of halogens is 2. The fourth-order valence-corrected chi connectivity index (χ4v) is 5.56. The van der Waals surface area contributed by atoms with Gasteiger partial charge in [-0.05, 0) is 46.2 Å². The molecule has 0 unspecified atom stereocenters. The smallest absolute Gasteiger partial charge is 0.407 e. The lowest BCUT2D eigenvalue weighted by molar-refractivity contribution is -0.130. The number of carbonyl (C=O) groups is 3. The number of nitrogens with one attached hydrogen (secondary N) is 2. The first-order valence-electron chi connectivity index (χ1n) is 13.4. The van der Waals surface area contributed by atoms with E-state index in [1.165, 1.54) is 6.92 Å². The van der Waals surface area contributed by atoms with Gasteiger partial charge in [0, 0.05) is 84.2 Å². The molecular weight excluding hydrogens is 569 g/mol. The number of likely N-dealkylation sites (tertiary alicyclic amines) is 1. The number of aromatic nitrogens is 2. The Balaban J connectivity index is 1.66. The minimum absolute atomic E-state index is 0.0504. The molecule has 4 rings (SSSR count). The third-order valence-corrected chi connectivity index (χ3v) is 7.38. The molecule has 1 atom stereocenters. The molecule has 220 valence electrons. The van der Waals surface area contributed by atoms with Crippen LogP contribution in [0.3, 0.4) is 0 Å². The van der Waals surface area contributed by atoms with Crippen LogP contribution in [0.4, 0.5) is 4.79 Å². The van der Waals surface area contributed by atoms with Gasteiger partial charge in [-0.1, -0.05) is 29.3 Å². The summed E-state index contributed by atoms with van der Waals surface area (Å²) in [6.45, 7) is 9.94. The second-order valence-corrected chi connectivity index (χ2v) is 12.1. The van der Waals surface area contributed by atoms with Gasteiger partial charge in [0.2, 0.25) is 17.7 Å². The normalized spacial score (nSPS) is 15.3. The molecule has 1 aliphatic heterocycles. The number of ether oxygens (including phenoxy) is 1. The van der Waals surface area contributed by atoms with E-state index in [0.717, 1.165) is 0 Å². The first-order valence-corrected chi connectivity index (χ1v) is 14.2. The Morgan fingerprint density at radius 2 is 1.95 bits per heavy atom. The summed E-state index contributed by atoms with van der Waals surface area (Å²) in [4.78, 5) is 43.2. The predicted molar refractivity (Wildman–Crippen MR) is 158 cm³/mol. The summed E-state index contributed by atoms with van der Waals surface area (Å²) in [7, 11) is 0. The van der Waals surface area contributed by atoms with Gasteiger partial charge in [0.05, 0.1) is 10.9 Å². The summed E-state index contributed by atoms with van der Waals surface area (Å²) >= 11 is 12.8. The molecule has 41 heavy (non-hydrogen) atoms. The lowest BCUT2D eigenvalue weighted by Crippen LogP contribution is -2.37. The van der Waals surface area contributed by atoms with E-state index in [2.05, 4.69) is 10.6 Å². The zero-order valence-corrected chi connectivity index (χ0v) is 25.3. The molecule has 2 aromatic heterocycles. The minimum atomic E-state index is -0.670. The third kappa shape index (κ3) is 7.23. The summed E-state index contributed by atoms with van der Waals surface area (Å²) in [5.41, 5.74) is 2.34. The molecule has 3 heterocycles. The number of amides is 3. The molecule has 3 amide bonds. The van der Waals surface area contributed by atoms with Crippen molar-refractivity contribution >= 4 is 52.0 Å². The highest BCUT2D eigenvalue weighted by Crippen LogP contribution is 2.42. The molecule has 12 heteroatoms. The molecule has 1 saturated heterocycles. The van der Waals surface area contributed by atoms with Gasteiger partial charge in [0.1, 0.15) is 5.60 Å². The van der Waals surface area contributed by atoms with Gasteiger partial charge in [-0.3, -0.25) is 14.6 Å². The van der Waals surface area contributed by atoms with Crippen molar-refractivity contribution in [3.8, 4) is 17.0 Å². The number of hydrogen-bond acceptors (Lipinski definition) is 6. The fourth-order valence-electron chi connectivity index (χ4n) is 5.05. The molecule has 1 aliphatic rings. The highest BCUT2D eigenvalue weighted by Gasteiger charge is 2.27. The maximum atomic E-state index is 12.9. The van der Waals surface area contributed by atoms with Gasteiger partial charge in [-0.15, -0.1) is 0 Å². The first kappa shape index (κ1) is 30.5. The molecule has 3 N–H and O–H groups in total. The monoisotopic (exact) mass is 603 g/mol. The van der Waals surface area contributed by atoms with Crippen molar-refractivity contribution in [3.05, 3.63) is 45.7 Å². The largest absolute Gasteiger partial charge is 0.494 e. The quantitative estimate of drug-likeness (QED) is 0.342. The van der Waals surface area contributed by atoms with Gasteiger partial charge in [0.15, 0.2) is 0 Å². The lowest BCUT2D eigenvalue weighted by atomic mass is 9.95. The van der Waals surface area contributed by atoms with E-state index in [9.17, 15) is 19.5 Å². The molecule has 1 fully saturated rings. The van der Waals surface area contributed by atoms with E-state index in [1.54, 1.807) is 54.6 Å². The van der Waals surface area contributed by atoms with E-state index in [4.69, 9.17) is 32.9 Å². The molecule has 1 aromatic carbocycles. The highest BCUT2D eigenvalue weighted by molar-refractivity contribution is 6.36. The predicted octanol–water partition coefficient (Wildman–Crippen LogP) is 5.18. The van der Waals surface area contributed by atoms with E-state index in [0.29, 0.717) is 62.8 Å². The lowest BCUT2D eigenvalue weighted by Gasteiger charge is -2.21. The molecule has 10 nitrogen and oxygen atoms in total. The number of aryl methyl sites for hydroxylation is 2. The van der Waals surface area contributed by atoms with Crippen molar-refractivity contribution in [1.82, 2.24) is 25.1 Å². The molecule has 0 saturated carbocycles. The summed E-state index contributed by atoms with van der Waals surface area (Å²) in [5, 5.41) is 18.3. The average molecular weight is 605 g/mol. The van der Waals surface area contributed by atoms with Gasteiger partial charge in [0.25, 0.3) is 0 Å². The fraction of sp³-hybridized carbons (Fsp3) is 0.448. The molecule has 0 spiro atoms. The highest BCUT2D eigenvalue weighted by atomic mass is 35.5. The summed E-state index contributed by atoms with van der Waals surface area (Å²) < 4.78 is 6.99. The number of carbonyl (C=O) groups excluding carboxylic acids is 3. The van der Waals surface area contributed by atoms with Gasteiger partial charge < -0.3 is 29.9 Å². The first-order chi connectivity index (χ1) is 19.2. The Bertz CT molecular complexity index is 1500. The number of hydrogen-bond donors (Lipinski definition) is 3.